The summed E-state index contributed by atoms with van der Waals surface area (Å²) < 4.78 is 5.35. The normalized spacial score (nSPS) is 12.6. The fourth-order valence-corrected chi connectivity index (χ4v) is 2.23. The van der Waals surface area contributed by atoms with Crippen LogP contribution >= 0.6 is 0 Å². The van der Waals surface area contributed by atoms with Gasteiger partial charge in [0.1, 0.15) is 5.75 Å². The number of carbonyl (C=O) groups excluding carboxylic acids is 1. The summed E-state index contributed by atoms with van der Waals surface area (Å²) in [5, 5.41) is 14.8. The van der Waals surface area contributed by atoms with Gasteiger partial charge >= 0.3 is 6.03 Å². The topological polar surface area (TPSA) is 70.6 Å². The van der Waals surface area contributed by atoms with Crippen molar-refractivity contribution in [1.29, 1.82) is 0 Å². The molecule has 1 aromatic rings. The second-order valence-corrected chi connectivity index (χ2v) is 6.43. The molecule has 0 spiro atoms. The number of rotatable bonds is 7. The molecule has 0 fully saturated rings. The zero-order chi connectivity index (χ0) is 16.8. The maximum Gasteiger partial charge on any atom is 0.315 e. The minimum Gasteiger partial charge on any atom is -0.496 e. The number of aryl methyl sites for hydroxylation is 1. The maximum atomic E-state index is 12.0. The van der Waals surface area contributed by atoms with Crippen LogP contribution < -0.4 is 15.4 Å². The highest BCUT2D eigenvalue weighted by molar-refractivity contribution is 5.74. The van der Waals surface area contributed by atoms with Crippen molar-refractivity contribution in [1.82, 2.24) is 10.6 Å². The Morgan fingerprint density at radius 1 is 1.41 bits per heavy atom. The second kappa shape index (κ2) is 8.03. The average Bonchev–Trinajstić information content (AvgIpc) is 2.45. The number of benzene rings is 1. The summed E-state index contributed by atoms with van der Waals surface area (Å²) in [5.74, 6) is 0.763. The predicted molar refractivity (Wildman–Crippen MR) is 88.2 cm³/mol. The van der Waals surface area contributed by atoms with Gasteiger partial charge in [-0.1, -0.05) is 31.5 Å². The molecule has 1 atom stereocenters. The molecule has 0 saturated carbocycles. The number of hydrogen-bond donors (Lipinski definition) is 3. The van der Waals surface area contributed by atoms with Crippen LogP contribution in [0.4, 0.5) is 4.79 Å². The summed E-state index contributed by atoms with van der Waals surface area (Å²) in [6.45, 7) is 8.58. The Bertz CT molecular complexity index is 501. The molecule has 0 aliphatic rings. The molecule has 0 aromatic heterocycles. The minimum absolute atomic E-state index is 0.118. The Kier molecular flexibility index (Phi) is 6.68. The fraction of sp³-hybridized carbons (Fsp3) is 0.588. The lowest BCUT2D eigenvalue weighted by molar-refractivity contribution is 0.200. The summed E-state index contributed by atoms with van der Waals surface area (Å²) in [7, 11) is 1.62. The van der Waals surface area contributed by atoms with E-state index in [0.717, 1.165) is 16.9 Å². The number of ether oxygens (including phenoxy) is 1. The lowest BCUT2D eigenvalue weighted by Crippen LogP contribution is -2.42. The van der Waals surface area contributed by atoms with Crippen LogP contribution in [-0.4, -0.2) is 31.4 Å². The highest BCUT2D eigenvalue weighted by Crippen LogP contribution is 2.26. The second-order valence-electron chi connectivity index (χ2n) is 6.43. The molecule has 0 bridgehead atoms. The molecule has 3 N–H and O–H groups in total. The van der Waals surface area contributed by atoms with Crippen molar-refractivity contribution in [3.63, 3.8) is 0 Å². The quantitative estimate of drug-likeness (QED) is 0.725. The highest BCUT2D eigenvalue weighted by atomic mass is 16.5. The first kappa shape index (κ1) is 18.3. The van der Waals surface area contributed by atoms with Crippen LogP contribution in [0.1, 0.15) is 44.4 Å². The Balaban J connectivity index is 2.63. The van der Waals surface area contributed by atoms with Gasteiger partial charge in [0.15, 0.2) is 0 Å². The molecule has 124 valence electrons. The zero-order valence-electron chi connectivity index (χ0n) is 14.2. The number of amides is 2. The van der Waals surface area contributed by atoms with Crippen molar-refractivity contribution >= 4 is 6.03 Å². The smallest absolute Gasteiger partial charge is 0.315 e. The van der Waals surface area contributed by atoms with Gasteiger partial charge < -0.3 is 20.5 Å². The number of urea groups is 1. The van der Waals surface area contributed by atoms with Gasteiger partial charge in [-0.2, -0.15) is 0 Å². The number of carbonyl (C=O) groups is 1. The standard InChI is InChI=1S/C17H28N2O3/c1-12-6-7-15(22-5)14(10-12)13(2)19-16(21)18-11-17(3,4)8-9-20/h6-7,10,13,20H,8-9,11H2,1-5H3,(H2,18,19,21). The molecule has 1 aromatic carbocycles. The van der Waals surface area contributed by atoms with E-state index in [1.807, 2.05) is 45.9 Å². The first-order valence-corrected chi connectivity index (χ1v) is 7.59. The van der Waals surface area contributed by atoms with Crippen LogP contribution in [0.25, 0.3) is 0 Å². The lowest BCUT2D eigenvalue weighted by atomic mass is 9.90. The van der Waals surface area contributed by atoms with Crippen molar-refractivity contribution in [2.24, 2.45) is 5.41 Å². The van der Waals surface area contributed by atoms with E-state index in [9.17, 15) is 4.79 Å². The number of methoxy groups -OCH3 is 1. The van der Waals surface area contributed by atoms with E-state index in [1.54, 1.807) is 7.11 Å². The van der Waals surface area contributed by atoms with Gasteiger partial charge in [0, 0.05) is 18.7 Å². The molecule has 5 nitrogen and oxygen atoms in total. The largest absolute Gasteiger partial charge is 0.496 e. The van der Waals surface area contributed by atoms with Gasteiger partial charge in [-0.05, 0) is 31.7 Å². The van der Waals surface area contributed by atoms with Gasteiger partial charge in [0.25, 0.3) is 0 Å². The van der Waals surface area contributed by atoms with Crippen LogP contribution in [-0.2, 0) is 0 Å². The van der Waals surface area contributed by atoms with Crippen molar-refractivity contribution < 1.29 is 14.6 Å². The molecule has 0 heterocycles. The van der Waals surface area contributed by atoms with Crippen LogP contribution in [0.15, 0.2) is 18.2 Å². The van der Waals surface area contributed by atoms with E-state index >= 15 is 0 Å². The molecule has 0 aliphatic heterocycles. The summed E-state index contributed by atoms with van der Waals surface area (Å²) in [6.07, 6.45) is 0.647. The third-order valence-corrected chi connectivity index (χ3v) is 3.72. The van der Waals surface area contributed by atoms with E-state index < -0.39 is 0 Å². The summed E-state index contributed by atoms with van der Waals surface area (Å²) >= 11 is 0. The third-order valence-electron chi connectivity index (χ3n) is 3.72. The Hall–Kier alpha value is -1.75. The van der Waals surface area contributed by atoms with Crippen molar-refractivity contribution in [3.8, 4) is 5.75 Å². The Morgan fingerprint density at radius 3 is 2.68 bits per heavy atom. The van der Waals surface area contributed by atoms with Crippen molar-refractivity contribution in [3.05, 3.63) is 29.3 Å². The average molecular weight is 308 g/mol. The van der Waals surface area contributed by atoms with Gasteiger partial charge in [-0.15, -0.1) is 0 Å². The molecular formula is C17H28N2O3. The third kappa shape index (κ3) is 5.56. The highest BCUT2D eigenvalue weighted by Gasteiger charge is 2.19. The summed E-state index contributed by atoms with van der Waals surface area (Å²) in [4.78, 5) is 12.0. The Labute approximate surface area is 133 Å². The minimum atomic E-state index is -0.220. The number of aliphatic hydroxyl groups excluding tert-OH is 1. The Morgan fingerprint density at radius 2 is 2.09 bits per heavy atom. The SMILES string of the molecule is COc1ccc(C)cc1C(C)NC(=O)NCC(C)(C)CCO. The predicted octanol–water partition coefficient (Wildman–Crippen LogP) is 2.77. The number of aliphatic hydroxyl groups is 1. The van der Waals surface area contributed by atoms with Crippen LogP contribution in [0.5, 0.6) is 5.75 Å². The summed E-state index contributed by atoms with van der Waals surface area (Å²) in [5.41, 5.74) is 1.94. The lowest BCUT2D eigenvalue weighted by Gasteiger charge is -2.25. The zero-order valence-corrected chi connectivity index (χ0v) is 14.2. The van der Waals surface area contributed by atoms with Crippen molar-refractivity contribution in [2.45, 2.75) is 40.2 Å². The van der Waals surface area contributed by atoms with Crippen LogP contribution in [0.2, 0.25) is 0 Å². The van der Waals surface area contributed by atoms with E-state index in [1.165, 1.54) is 0 Å². The van der Waals surface area contributed by atoms with E-state index in [4.69, 9.17) is 9.84 Å². The molecule has 2 amide bonds. The maximum absolute atomic E-state index is 12.0. The fourth-order valence-electron chi connectivity index (χ4n) is 2.23. The van der Waals surface area contributed by atoms with Gasteiger partial charge in [-0.25, -0.2) is 4.79 Å². The molecular weight excluding hydrogens is 280 g/mol. The van der Waals surface area contributed by atoms with Crippen molar-refractivity contribution in [2.75, 3.05) is 20.3 Å². The van der Waals surface area contributed by atoms with Crippen LogP contribution in [0.3, 0.4) is 0 Å². The number of hydrogen-bond acceptors (Lipinski definition) is 3. The summed E-state index contributed by atoms with van der Waals surface area (Å²) in [6, 6.07) is 5.52. The van der Waals surface area contributed by atoms with Gasteiger partial charge in [0.05, 0.1) is 13.2 Å². The number of nitrogens with one attached hydrogen (secondary N) is 2. The van der Waals surface area contributed by atoms with Gasteiger partial charge in [0.2, 0.25) is 0 Å². The van der Waals surface area contributed by atoms with E-state index in [-0.39, 0.29) is 24.1 Å². The molecule has 0 aliphatic carbocycles. The molecule has 1 unspecified atom stereocenters. The molecule has 22 heavy (non-hydrogen) atoms. The van der Waals surface area contributed by atoms with Crippen LogP contribution in [0, 0.1) is 12.3 Å². The van der Waals surface area contributed by atoms with Gasteiger partial charge in [-0.3, -0.25) is 0 Å². The van der Waals surface area contributed by atoms with E-state index in [0.29, 0.717) is 13.0 Å². The molecule has 5 heteroatoms. The van der Waals surface area contributed by atoms with E-state index in [2.05, 4.69) is 10.6 Å². The first-order chi connectivity index (χ1) is 10.3. The first-order valence-electron chi connectivity index (χ1n) is 7.59. The molecule has 1 rings (SSSR count). The molecule has 0 saturated heterocycles. The molecule has 0 radical (unpaired) electrons. The monoisotopic (exact) mass is 308 g/mol.